The third-order valence-corrected chi connectivity index (χ3v) is 2.80. The molecule has 11 heteroatoms. The molecular formula is C10H11F9N2. The molecule has 0 aromatic rings. The monoisotopic (exact) mass is 330 g/mol. The fourth-order valence-corrected chi connectivity index (χ4v) is 1.57. The first-order valence-electron chi connectivity index (χ1n) is 5.56. The molecular weight excluding hydrogens is 319 g/mol. The van der Waals surface area contributed by atoms with Crippen LogP contribution in [0.25, 0.3) is 0 Å². The molecule has 124 valence electrons. The van der Waals surface area contributed by atoms with Crippen molar-refractivity contribution < 1.29 is 39.5 Å². The molecule has 2 nitrogen and oxygen atoms in total. The second kappa shape index (κ2) is 5.16. The summed E-state index contributed by atoms with van der Waals surface area (Å²) in [6.07, 6.45) is -8.46. The zero-order valence-corrected chi connectivity index (χ0v) is 10.6. The van der Waals surface area contributed by atoms with E-state index in [1.807, 2.05) is 0 Å². The molecule has 0 aliphatic carbocycles. The molecule has 0 atom stereocenters. The van der Waals surface area contributed by atoms with Gasteiger partial charge < -0.3 is 4.90 Å². The van der Waals surface area contributed by atoms with Gasteiger partial charge in [0.2, 0.25) is 0 Å². The molecule has 0 aromatic carbocycles. The zero-order chi connectivity index (χ0) is 16.7. The maximum absolute atomic E-state index is 13.5. The van der Waals surface area contributed by atoms with Crippen LogP contribution in [0.2, 0.25) is 0 Å². The summed E-state index contributed by atoms with van der Waals surface area (Å²) in [7, 11) is 1.23. The van der Waals surface area contributed by atoms with Crippen LogP contribution in [0.4, 0.5) is 39.5 Å². The molecule has 1 aliphatic heterocycles. The smallest absolute Gasteiger partial charge is 0.361 e. The van der Waals surface area contributed by atoms with E-state index < -0.39 is 43.6 Å². The Kier molecular flexibility index (Phi) is 4.37. The minimum absolute atomic E-state index is 0.353. The lowest BCUT2D eigenvalue weighted by Crippen LogP contribution is -2.61. The van der Waals surface area contributed by atoms with Gasteiger partial charge in [0, 0.05) is 32.3 Å². The minimum atomic E-state index is -5.96. The molecule has 0 bridgehead atoms. The SMILES string of the molecule is CN1C=CN(C(F)(F)C(F)(F)C(F)(F)CCC(F)(F)F)C1. The lowest BCUT2D eigenvalue weighted by molar-refractivity contribution is -0.352. The van der Waals surface area contributed by atoms with Gasteiger partial charge in [0.1, 0.15) is 0 Å². The summed E-state index contributed by atoms with van der Waals surface area (Å²) in [6, 6.07) is -5.33. The summed E-state index contributed by atoms with van der Waals surface area (Å²) in [4.78, 5) is 0.659. The van der Waals surface area contributed by atoms with Crippen molar-refractivity contribution in [3.8, 4) is 0 Å². The first kappa shape index (κ1) is 17.8. The number of rotatable bonds is 5. The van der Waals surface area contributed by atoms with Crippen molar-refractivity contribution in [2.24, 2.45) is 0 Å². The summed E-state index contributed by atoms with van der Waals surface area (Å²) in [5.74, 6) is -11.5. The van der Waals surface area contributed by atoms with Crippen LogP contribution in [0, 0.1) is 0 Å². The Morgan fingerprint density at radius 2 is 1.38 bits per heavy atom. The maximum atomic E-state index is 13.5. The average Bonchev–Trinajstić information content (AvgIpc) is 2.72. The second-order valence-corrected chi connectivity index (χ2v) is 4.60. The van der Waals surface area contributed by atoms with Crippen molar-refractivity contribution in [3.05, 3.63) is 12.4 Å². The number of hydrogen-bond donors (Lipinski definition) is 0. The molecule has 0 saturated heterocycles. The normalized spacial score (nSPS) is 17.8. The number of hydrogen-bond acceptors (Lipinski definition) is 2. The standard InChI is InChI=1S/C10H11F9N2/c1-20-4-5-21(6-20)10(18,19)9(16,17)7(11,12)2-3-8(13,14)15/h4-5H,2-3,6H2,1H3. The maximum Gasteiger partial charge on any atom is 0.395 e. The molecule has 0 saturated carbocycles. The van der Waals surface area contributed by atoms with Gasteiger partial charge in [0.05, 0.1) is 6.67 Å². The van der Waals surface area contributed by atoms with Crippen molar-refractivity contribution in [1.29, 1.82) is 0 Å². The van der Waals surface area contributed by atoms with Crippen molar-refractivity contribution in [1.82, 2.24) is 9.80 Å². The van der Waals surface area contributed by atoms with Crippen molar-refractivity contribution in [3.63, 3.8) is 0 Å². The van der Waals surface area contributed by atoms with Crippen LogP contribution in [0.1, 0.15) is 12.8 Å². The fourth-order valence-electron chi connectivity index (χ4n) is 1.57. The summed E-state index contributed by atoms with van der Waals surface area (Å²) in [6.45, 7) is -0.794. The van der Waals surface area contributed by atoms with Crippen LogP contribution in [-0.2, 0) is 0 Å². The fraction of sp³-hybridized carbons (Fsp3) is 0.800. The van der Waals surface area contributed by atoms with Crippen molar-refractivity contribution in [2.45, 2.75) is 36.9 Å². The Morgan fingerprint density at radius 1 is 0.857 bits per heavy atom. The molecule has 0 aromatic heterocycles. The Labute approximate surface area is 113 Å². The highest BCUT2D eigenvalue weighted by Crippen LogP contribution is 2.50. The Morgan fingerprint density at radius 3 is 1.76 bits per heavy atom. The molecule has 1 rings (SSSR count). The molecule has 0 unspecified atom stereocenters. The number of alkyl halides is 9. The molecule has 1 aliphatic rings. The van der Waals surface area contributed by atoms with Crippen LogP contribution in [-0.4, -0.2) is 47.6 Å². The molecule has 21 heavy (non-hydrogen) atoms. The summed E-state index contributed by atoms with van der Waals surface area (Å²) < 4.78 is 116. The quantitative estimate of drug-likeness (QED) is 0.558. The van der Waals surface area contributed by atoms with E-state index in [4.69, 9.17) is 0 Å². The predicted octanol–water partition coefficient (Wildman–Crippen LogP) is 3.87. The minimum Gasteiger partial charge on any atom is -0.361 e. The van der Waals surface area contributed by atoms with Gasteiger partial charge in [-0.3, -0.25) is 4.90 Å². The first-order chi connectivity index (χ1) is 9.21. The Hall–Kier alpha value is -1.29. The number of nitrogens with zero attached hydrogens (tertiary/aromatic N) is 2. The topological polar surface area (TPSA) is 6.48 Å². The zero-order valence-electron chi connectivity index (χ0n) is 10.6. The van der Waals surface area contributed by atoms with Gasteiger partial charge in [-0.2, -0.15) is 39.5 Å². The van der Waals surface area contributed by atoms with E-state index in [-0.39, 0.29) is 4.90 Å². The summed E-state index contributed by atoms with van der Waals surface area (Å²) in [5, 5.41) is 0. The summed E-state index contributed by atoms with van der Waals surface area (Å²) >= 11 is 0. The third-order valence-electron chi connectivity index (χ3n) is 2.80. The van der Waals surface area contributed by atoms with Gasteiger partial charge in [-0.1, -0.05) is 0 Å². The van der Waals surface area contributed by atoms with Gasteiger partial charge >= 0.3 is 24.1 Å². The van der Waals surface area contributed by atoms with E-state index in [2.05, 4.69) is 0 Å². The highest BCUT2D eigenvalue weighted by Gasteiger charge is 2.73. The van der Waals surface area contributed by atoms with E-state index in [1.165, 1.54) is 7.05 Å². The van der Waals surface area contributed by atoms with E-state index in [0.717, 1.165) is 11.1 Å². The number of halogens is 9. The molecule has 1 heterocycles. The van der Waals surface area contributed by atoms with Crippen LogP contribution >= 0.6 is 0 Å². The predicted molar refractivity (Wildman–Crippen MR) is 53.7 cm³/mol. The van der Waals surface area contributed by atoms with E-state index in [0.29, 0.717) is 6.20 Å². The second-order valence-electron chi connectivity index (χ2n) is 4.60. The largest absolute Gasteiger partial charge is 0.395 e. The lowest BCUT2D eigenvalue weighted by atomic mass is 10.0. The Bertz CT molecular complexity index is 402. The van der Waals surface area contributed by atoms with Gasteiger partial charge in [0.25, 0.3) is 0 Å². The summed E-state index contributed by atoms with van der Waals surface area (Å²) in [5.41, 5.74) is 0. The Balaban J connectivity index is 2.93. The van der Waals surface area contributed by atoms with Crippen LogP contribution in [0.15, 0.2) is 12.4 Å². The van der Waals surface area contributed by atoms with Crippen molar-refractivity contribution in [2.75, 3.05) is 13.7 Å². The highest BCUT2D eigenvalue weighted by atomic mass is 19.4. The molecule has 0 radical (unpaired) electrons. The molecule has 0 amide bonds. The highest BCUT2D eigenvalue weighted by molar-refractivity contribution is 5.02. The van der Waals surface area contributed by atoms with Crippen LogP contribution in [0.3, 0.4) is 0 Å². The van der Waals surface area contributed by atoms with E-state index >= 15 is 0 Å². The van der Waals surface area contributed by atoms with E-state index in [9.17, 15) is 39.5 Å². The first-order valence-corrected chi connectivity index (χ1v) is 5.56. The van der Waals surface area contributed by atoms with Crippen LogP contribution < -0.4 is 0 Å². The van der Waals surface area contributed by atoms with E-state index in [1.54, 1.807) is 0 Å². The molecule has 0 N–H and O–H groups in total. The van der Waals surface area contributed by atoms with Crippen LogP contribution in [0.5, 0.6) is 0 Å². The van der Waals surface area contributed by atoms with Gasteiger partial charge in [-0.05, 0) is 0 Å². The van der Waals surface area contributed by atoms with Gasteiger partial charge in [-0.15, -0.1) is 0 Å². The average molecular weight is 330 g/mol. The third kappa shape index (κ3) is 3.49. The lowest BCUT2D eigenvalue weighted by Gasteiger charge is -2.37. The van der Waals surface area contributed by atoms with Gasteiger partial charge in [-0.25, -0.2) is 0 Å². The van der Waals surface area contributed by atoms with Crippen molar-refractivity contribution >= 4 is 0 Å². The molecule has 0 spiro atoms. The van der Waals surface area contributed by atoms with Gasteiger partial charge in [0.15, 0.2) is 0 Å². The molecule has 0 fully saturated rings.